The molecule has 2 heterocycles. The molecule has 5 heteroatoms. The molecule has 1 aromatic heterocycles. The van der Waals surface area contributed by atoms with Gasteiger partial charge < -0.3 is 10.2 Å². The van der Waals surface area contributed by atoms with Crippen LogP contribution in [0.15, 0.2) is 12.3 Å². The number of thioether (sulfide) groups is 1. The molecule has 0 unspecified atom stereocenters. The average Bonchev–Trinajstić information content (AvgIpc) is 2.35. The van der Waals surface area contributed by atoms with Gasteiger partial charge in [0.15, 0.2) is 0 Å². The van der Waals surface area contributed by atoms with E-state index in [1.807, 2.05) is 24.0 Å². The third-order valence-electron chi connectivity index (χ3n) is 3.32. The monoisotopic (exact) mass is 313 g/mol. The molecule has 1 aliphatic heterocycles. The second-order valence-electron chi connectivity index (χ2n) is 6.21. The molecule has 0 radical (unpaired) electrons. The van der Waals surface area contributed by atoms with Crippen molar-refractivity contribution in [1.29, 1.82) is 0 Å². The van der Waals surface area contributed by atoms with Crippen molar-refractivity contribution in [3.05, 3.63) is 22.8 Å². The molecule has 1 fully saturated rings. The van der Waals surface area contributed by atoms with Gasteiger partial charge >= 0.3 is 0 Å². The minimum Gasteiger partial charge on any atom is -0.353 e. The van der Waals surface area contributed by atoms with Crippen LogP contribution in [0.3, 0.4) is 0 Å². The second kappa shape index (κ2) is 6.54. The van der Waals surface area contributed by atoms with Crippen molar-refractivity contribution in [2.45, 2.75) is 45.0 Å². The van der Waals surface area contributed by atoms with E-state index in [0.717, 1.165) is 41.8 Å². The van der Waals surface area contributed by atoms with Crippen LogP contribution in [-0.2, 0) is 6.54 Å². The minimum absolute atomic E-state index is 0.265. The smallest absolute Gasteiger partial charge is 0.147 e. The molecule has 0 saturated carbocycles. The molecule has 1 saturated heterocycles. The van der Waals surface area contributed by atoms with Crippen LogP contribution in [0, 0.1) is 0 Å². The number of halogens is 1. The molecule has 0 bridgehead atoms. The first-order valence-corrected chi connectivity index (χ1v) is 8.50. The number of anilines is 1. The number of hydrogen-bond donors (Lipinski definition) is 1. The third-order valence-corrected chi connectivity index (χ3v) is 4.89. The Balaban J connectivity index is 2.09. The van der Waals surface area contributed by atoms with Crippen LogP contribution in [0.5, 0.6) is 0 Å². The van der Waals surface area contributed by atoms with Crippen LogP contribution in [0.25, 0.3) is 0 Å². The largest absolute Gasteiger partial charge is 0.353 e. The number of nitrogens with one attached hydrogen (secondary N) is 1. The Morgan fingerprint density at radius 2 is 2.25 bits per heavy atom. The van der Waals surface area contributed by atoms with Gasteiger partial charge in [0.2, 0.25) is 0 Å². The lowest BCUT2D eigenvalue weighted by Gasteiger charge is -2.38. The fourth-order valence-corrected chi connectivity index (χ4v) is 3.74. The van der Waals surface area contributed by atoms with Crippen molar-refractivity contribution >= 4 is 29.2 Å². The Hall–Kier alpha value is -0.450. The molecule has 112 valence electrons. The lowest BCUT2D eigenvalue weighted by atomic mass is 10.2. The standard InChI is InChI=1S/C15H24ClN3S/c1-11(2)17-8-12-7-13(16)14(18-9-12)19-5-6-20-15(3,4)10-19/h7,9,11,17H,5-6,8,10H2,1-4H3. The van der Waals surface area contributed by atoms with E-state index in [4.69, 9.17) is 11.6 Å². The van der Waals surface area contributed by atoms with Crippen LogP contribution < -0.4 is 10.2 Å². The van der Waals surface area contributed by atoms with Crippen molar-refractivity contribution in [3.63, 3.8) is 0 Å². The van der Waals surface area contributed by atoms with Crippen LogP contribution in [0.2, 0.25) is 5.02 Å². The maximum absolute atomic E-state index is 6.43. The lowest BCUT2D eigenvalue weighted by molar-refractivity contribution is 0.587. The first-order chi connectivity index (χ1) is 9.37. The maximum Gasteiger partial charge on any atom is 0.147 e. The summed E-state index contributed by atoms with van der Waals surface area (Å²) in [6, 6.07) is 2.50. The molecule has 1 N–H and O–H groups in total. The summed E-state index contributed by atoms with van der Waals surface area (Å²) in [6.07, 6.45) is 1.94. The van der Waals surface area contributed by atoms with Crippen molar-refractivity contribution in [2.24, 2.45) is 0 Å². The van der Waals surface area contributed by atoms with Crippen molar-refractivity contribution in [3.8, 4) is 0 Å². The highest BCUT2D eigenvalue weighted by Crippen LogP contribution is 2.34. The van der Waals surface area contributed by atoms with Crippen LogP contribution >= 0.6 is 23.4 Å². The van der Waals surface area contributed by atoms with Crippen molar-refractivity contribution < 1.29 is 0 Å². The van der Waals surface area contributed by atoms with E-state index in [1.165, 1.54) is 0 Å². The maximum atomic E-state index is 6.43. The van der Waals surface area contributed by atoms with Gasteiger partial charge in [-0.25, -0.2) is 4.98 Å². The molecular weight excluding hydrogens is 290 g/mol. The summed E-state index contributed by atoms with van der Waals surface area (Å²) in [4.78, 5) is 6.89. The summed E-state index contributed by atoms with van der Waals surface area (Å²) in [7, 11) is 0. The Kier molecular flexibility index (Phi) is 5.21. The third kappa shape index (κ3) is 4.27. The fourth-order valence-electron chi connectivity index (χ4n) is 2.32. The van der Waals surface area contributed by atoms with Gasteiger partial charge in [-0.2, -0.15) is 11.8 Å². The van der Waals surface area contributed by atoms with Crippen molar-refractivity contribution in [2.75, 3.05) is 23.7 Å². The van der Waals surface area contributed by atoms with Gasteiger partial charge in [-0.15, -0.1) is 0 Å². The average molecular weight is 314 g/mol. The molecule has 2 rings (SSSR count). The van der Waals surface area contributed by atoms with Gasteiger partial charge in [0, 0.05) is 42.4 Å². The zero-order chi connectivity index (χ0) is 14.8. The number of hydrogen-bond acceptors (Lipinski definition) is 4. The number of rotatable bonds is 4. The molecule has 1 aliphatic rings. The highest BCUT2D eigenvalue weighted by atomic mass is 35.5. The van der Waals surface area contributed by atoms with Gasteiger partial charge in [-0.05, 0) is 25.5 Å². The number of nitrogens with zero attached hydrogens (tertiary/aromatic N) is 2. The summed E-state index contributed by atoms with van der Waals surface area (Å²) in [5, 5.41) is 4.15. The van der Waals surface area contributed by atoms with Gasteiger partial charge in [0.05, 0.1) is 5.02 Å². The predicted octanol–water partition coefficient (Wildman–Crippen LogP) is 3.56. The van der Waals surface area contributed by atoms with E-state index in [9.17, 15) is 0 Å². The number of aromatic nitrogens is 1. The van der Waals surface area contributed by atoms with Gasteiger partial charge in [0.1, 0.15) is 5.82 Å². The molecule has 0 aliphatic carbocycles. The normalized spacial score (nSPS) is 18.6. The molecule has 3 nitrogen and oxygen atoms in total. The van der Waals surface area contributed by atoms with Crippen LogP contribution in [-0.4, -0.2) is 34.6 Å². The van der Waals surface area contributed by atoms with Gasteiger partial charge in [0.25, 0.3) is 0 Å². The molecule has 0 spiro atoms. The van der Waals surface area contributed by atoms with E-state index < -0.39 is 0 Å². The highest BCUT2D eigenvalue weighted by molar-refractivity contribution is 8.00. The summed E-state index contributed by atoms with van der Waals surface area (Å²) >= 11 is 8.45. The topological polar surface area (TPSA) is 28.2 Å². The number of pyridine rings is 1. The van der Waals surface area contributed by atoms with Gasteiger partial charge in [-0.1, -0.05) is 25.4 Å². The summed E-state index contributed by atoms with van der Waals surface area (Å²) in [5.41, 5.74) is 1.14. The zero-order valence-corrected chi connectivity index (χ0v) is 14.3. The van der Waals surface area contributed by atoms with Crippen LogP contribution in [0.4, 0.5) is 5.82 Å². The van der Waals surface area contributed by atoms with E-state index in [2.05, 4.69) is 42.9 Å². The second-order valence-corrected chi connectivity index (χ2v) is 8.42. The SMILES string of the molecule is CC(C)NCc1cnc(N2CCSC(C)(C)C2)c(Cl)c1. The lowest BCUT2D eigenvalue weighted by Crippen LogP contribution is -2.43. The van der Waals surface area contributed by atoms with E-state index in [0.29, 0.717) is 6.04 Å². The first kappa shape index (κ1) is 15.9. The Bertz CT molecular complexity index is 462. The fraction of sp³-hybridized carbons (Fsp3) is 0.667. The molecule has 0 atom stereocenters. The summed E-state index contributed by atoms with van der Waals surface area (Å²) in [5.74, 6) is 2.05. The minimum atomic E-state index is 0.265. The van der Waals surface area contributed by atoms with E-state index in [-0.39, 0.29) is 4.75 Å². The quantitative estimate of drug-likeness (QED) is 0.920. The van der Waals surface area contributed by atoms with E-state index >= 15 is 0 Å². The predicted molar refractivity (Wildman–Crippen MR) is 90.0 cm³/mol. The molecular formula is C15H24ClN3S. The molecule has 1 aromatic rings. The van der Waals surface area contributed by atoms with E-state index in [1.54, 1.807) is 0 Å². The van der Waals surface area contributed by atoms with Crippen LogP contribution in [0.1, 0.15) is 33.3 Å². The zero-order valence-electron chi connectivity index (χ0n) is 12.7. The molecule has 20 heavy (non-hydrogen) atoms. The first-order valence-electron chi connectivity index (χ1n) is 7.14. The molecule has 0 aromatic carbocycles. The van der Waals surface area contributed by atoms with Gasteiger partial charge in [-0.3, -0.25) is 0 Å². The highest BCUT2D eigenvalue weighted by Gasteiger charge is 2.28. The summed E-state index contributed by atoms with van der Waals surface area (Å²) < 4.78 is 0.265. The summed E-state index contributed by atoms with van der Waals surface area (Å²) in [6.45, 7) is 11.6. The Morgan fingerprint density at radius 3 is 2.85 bits per heavy atom. The Labute approximate surface area is 131 Å². The molecule has 0 amide bonds. The van der Waals surface area contributed by atoms with Crippen molar-refractivity contribution in [1.82, 2.24) is 10.3 Å². The Morgan fingerprint density at radius 1 is 1.50 bits per heavy atom.